The lowest BCUT2D eigenvalue weighted by molar-refractivity contribution is -0.120. The Morgan fingerprint density at radius 3 is 2.81 bits per heavy atom. The van der Waals surface area contributed by atoms with E-state index in [9.17, 15) is 13.2 Å². The molecule has 2 aromatic rings. The quantitative estimate of drug-likeness (QED) is 0.701. The number of carbonyl (C=O) groups excluding carboxylic acids is 1. The van der Waals surface area contributed by atoms with E-state index in [-0.39, 0.29) is 23.4 Å². The zero-order valence-electron chi connectivity index (χ0n) is 11.7. The van der Waals surface area contributed by atoms with Crippen molar-refractivity contribution in [2.75, 3.05) is 12.3 Å². The van der Waals surface area contributed by atoms with Crippen molar-refractivity contribution in [3.05, 3.63) is 24.4 Å². The van der Waals surface area contributed by atoms with Crippen LogP contribution in [0.5, 0.6) is 0 Å². The first kappa shape index (κ1) is 15.3. The van der Waals surface area contributed by atoms with E-state index in [1.807, 2.05) is 0 Å². The van der Waals surface area contributed by atoms with Gasteiger partial charge < -0.3 is 11.1 Å². The summed E-state index contributed by atoms with van der Waals surface area (Å²) in [4.78, 5) is 15.5. The van der Waals surface area contributed by atoms with Crippen LogP contribution in [0.25, 0.3) is 5.65 Å². The largest absolute Gasteiger partial charge is 0.381 e. The highest BCUT2D eigenvalue weighted by molar-refractivity contribution is 7.89. The Balaban J connectivity index is 2.26. The van der Waals surface area contributed by atoms with Crippen molar-refractivity contribution in [1.82, 2.24) is 19.4 Å². The molecular formula is C12H17N5O3S. The number of rotatable bonds is 5. The number of aromatic nitrogens is 2. The molecule has 4 N–H and O–H groups in total. The first-order valence-corrected chi connectivity index (χ1v) is 7.81. The molecule has 9 heteroatoms. The van der Waals surface area contributed by atoms with Gasteiger partial charge >= 0.3 is 0 Å². The Bertz CT molecular complexity index is 766. The lowest BCUT2D eigenvalue weighted by Crippen LogP contribution is -2.40. The van der Waals surface area contributed by atoms with Crippen molar-refractivity contribution in [3.63, 3.8) is 0 Å². The fourth-order valence-electron chi connectivity index (χ4n) is 1.86. The number of hydrogen-bond acceptors (Lipinski definition) is 5. The zero-order chi connectivity index (χ0) is 15.6. The fourth-order valence-corrected chi connectivity index (χ4v) is 3.05. The molecular weight excluding hydrogens is 294 g/mol. The number of pyridine rings is 1. The van der Waals surface area contributed by atoms with E-state index in [1.54, 1.807) is 38.2 Å². The van der Waals surface area contributed by atoms with Crippen LogP contribution in [0, 0.1) is 0 Å². The van der Waals surface area contributed by atoms with Gasteiger partial charge in [-0.05, 0) is 26.0 Å². The Morgan fingerprint density at radius 2 is 2.14 bits per heavy atom. The van der Waals surface area contributed by atoms with Crippen molar-refractivity contribution in [2.24, 2.45) is 0 Å². The van der Waals surface area contributed by atoms with E-state index in [0.717, 1.165) is 0 Å². The van der Waals surface area contributed by atoms with Gasteiger partial charge in [-0.25, -0.2) is 18.1 Å². The number of carbonyl (C=O) groups is 1. The summed E-state index contributed by atoms with van der Waals surface area (Å²) >= 11 is 0. The van der Waals surface area contributed by atoms with Gasteiger partial charge in [0.05, 0.1) is 6.54 Å². The minimum absolute atomic E-state index is 0.0668. The number of fused-ring (bicyclic) bond motifs is 1. The minimum Gasteiger partial charge on any atom is -0.381 e. The van der Waals surface area contributed by atoms with Crippen molar-refractivity contribution < 1.29 is 13.2 Å². The van der Waals surface area contributed by atoms with Gasteiger partial charge in [-0.3, -0.25) is 9.20 Å². The summed E-state index contributed by atoms with van der Waals surface area (Å²) in [7, 11) is -3.94. The fraction of sp³-hybridized carbons (Fsp3) is 0.333. The highest BCUT2D eigenvalue weighted by Crippen LogP contribution is 2.19. The number of anilines is 1. The molecule has 2 aromatic heterocycles. The Morgan fingerprint density at radius 1 is 1.43 bits per heavy atom. The maximum atomic E-state index is 12.3. The molecule has 2 heterocycles. The average molecular weight is 311 g/mol. The van der Waals surface area contributed by atoms with Gasteiger partial charge in [0.2, 0.25) is 5.91 Å². The molecule has 0 aromatic carbocycles. The molecule has 8 nitrogen and oxygen atoms in total. The number of nitrogen functional groups attached to an aromatic ring is 1. The molecule has 0 fully saturated rings. The van der Waals surface area contributed by atoms with E-state index in [4.69, 9.17) is 5.73 Å². The van der Waals surface area contributed by atoms with Crippen molar-refractivity contribution in [1.29, 1.82) is 0 Å². The number of amides is 1. The first-order chi connectivity index (χ1) is 9.81. The smallest absolute Gasteiger partial charge is 0.260 e. The summed E-state index contributed by atoms with van der Waals surface area (Å²) < 4.78 is 28.2. The van der Waals surface area contributed by atoms with Crippen molar-refractivity contribution in [2.45, 2.75) is 24.9 Å². The van der Waals surface area contributed by atoms with Crippen LogP contribution in [-0.2, 0) is 14.8 Å². The molecule has 0 spiro atoms. The molecule has 0 saturated heterocycles. The van der Waals surface area contributed by atoms with Crippen LogP contribution in [0.1, 0.15) is 13.8 Å². The highest BCUT2D eigenvalue weighted by Gasteiger charge is 2.24. The van der Waals surface area contributed by atoms with Gasteiger partial charge in [0, 0.05) is 12.2 Å². The van der Waals surface area contributed by atoms with Crippen molar-refractivity contribution in [3.8, 4) is 0 Å². The molecule has 21 heavy (non-hydrogen) atoms. The molecule has 0 aliphatic heterocycles. The van der Waals surface area contributed by atoms with Gasteiger partial charge in [-0.1, -0.05) is 6.07 Å². The monoisotopic (exact) mass is 311 g/mol. The molecule has 1 amide bonds. The second-order valence-corrected chi connectivity index (χ2v) is 6.46. The molecule has 0 saturated carbocycles. The average Bonchev–Trinajstić information content (AvgIpc) is 2.72. The highest BCUT2D eigenvalue weighted by atomic mass is 32.2. The Kier molecular flexibility index (Phi) is 4.14. The van der Waals surface area contributed by atoms with Gasteiger partial charge in [-0.15, -0.1) is 0 Å². The standard InChI is InChI=1S/C12H17N5O3S/c1-8(2)15-10(18)7-14-21(19,20)12-11(13)16-9-5-3-4-6-17(9)12/h3-6,8,14H,7,13H2,1-2H3,(H,15,18). The Labute approximate surface area is 122 Å². The van der Waals surface area contributed by atoms with Crippen LogP contribution in [-0.4, -0.2) is 36.3 Å². The number of imidazole rings is 1. The summed E-state index contributed by atoms with van der Waals surface area (Å²) in [5, 5.41) is 2.42. The van der Waals surface area contributed by atoms with Crippen LogP contribution in [0.2, 0.25) is 0 Å². The lowest BCUT2D eigenvalue weighted by atomic mass is 10.4. The molecule has 0 unspecified atom stereocenters. The topological polar surface area (TPSA) is 119 Å². The molecule has 0 bridgehead atoms. The summed E-state index contributed by atoms with van der Waals surface area (Å²) in [5.41, 5.74) is 6.09. The maximum Gasteiger partial charge on any atom is 0.260 e. The third-order valence-electron chi connectivity index (χ3n) is 2.64. The van der Waals surface area contributed by atoms with E-state index in [1.165, 1.54) is 4.40 Å². The third kappa shape index (κ3) is 3.31. The predicted octanol–water partition coefficient (Wildman–Crippen LogP) is -0.281. The summed E-state index contributed by atoms with van der Waals surface area (Å²) in [6, 6.07) is 4.96. The normalized spacial score (nSPS) is 12.0. The van der Waals surface area contributed by atoms with Crippen LogP contribution in [0.3, 0.4) is 0 Å². The molecule has 0 radical (unpaired) electrons. The lowest BCUT2D eigenvalue weighted by Gasteiger charge is -2.10. The summed E-state index contributed by atoms with van der Waals surface area (Å²) in [6.07, 6.45) is 1.54. The third-order valence-corrected chi connectivity index (χ3v) is 4.08. The van der Waals surface area contributed by atoms with Gasteiger partial charge in [0.15, 0.2) is 10.8 Å². The number of hydrogen-bond donors (Lipinski definition) is 3. The van der Waals surface area contributed by atoms with Crippen LogP contribution in [0.4, 0.5) is 5.82 Å². The number of sulfonamides is 1. The SMILES string of the molecule is CC(C)NC(=O)CNS(=O)(=O)c1c(N)nc2ccccn12. The molecule has 0 aliphatic carbocycles. The minimum atomic E-state index is -3.94. The van der Waals surface area contributed by atoms with E-state index >= 15 is 0 Å². The van der Waals surface area contributed by atoms with Gasteiger partial charge in [0.25, 0.3) is 10.0 Å². The van der Waals surface area contributed by atoms with Crippen LogP contribution < -0.4 is 15.8 Å². The molecule has 0 atom stereocenters. The van der Waals surface area contributed by atoms with E-state index in [2.05, 4.69) is 15.0 Å². The zero-order valence-corrected chi connectivity index (χ0v) is 12.5. The van der Waals surface area contributed by atoms with Gasteiger partial charge in [0.1, 0.15) is 5.65 Å². The van der Waals surface area contributed by atoms with E-state index in [0.29, 0.717) is 5.65 Å². The second kappa shape index (κ2) is 5.70. The van der Waals surface area contributed by atoms with Crippen LogP contribution in [0.15, 0.2) is 29.4 Å². The van der Waals surface area contributed by atoms with E-state index < -0.39 is 15.9 Å². The van der Waals surface area contributed by atoms with Crippen molar-refractivity contribution >= 4 is 27.4 Å². The molecule has 2 rings (SSSR count). The molecule has 114 valence electrons. The first-order valence-electron chi connectivity index (χ1n) is 6.33. The van der Waals surface area contributed by atoms with Crippen LogP contribution >= 0.6 is 0 Å². The number of nitrogens with zero attached hydrogens (tertiary/aromatic N) is 2. The summed E-state index contributed by atoms with van der Waals surface area (Å²) in [6.45, 7) is 3.21. The Hall–Kier alpha value is -2.13. The summed E-state index contributed by atoms with van der Waals surface area (Å²) in [5.74, 6) is -0.529. The van der Waals surface area contributed by atoms with Gasteiger partial charge in [-0.2, -0.15) is 0 Å². The number of nitrogens with two attached hydrogens (primary N) is 1. The maximum absolute atomic E-state index is 12.3. The predicted molar refractivity (Wildman–Crippen MR) is 78.1 cm³/mol. The molecule has 0 aliphatic rings. The second-order valence-electron chi connectivity index (χ2n) is 4.78. The number of nitrogens with one attached hydrogen (secondary N) is 2.